The van der Waals surface area contributed by atoms with Gasteiger partial charge in [0.1, 0.15) is 5.69 Å². The van der Waals surface area contributed by atoms with Crippen molar-refractivity contribution in [1.29, 1.82) is 0 Å². The van der Waals surface area contributed by atoms with Crippen LogP contribution in [0.2, 0.25) is 0 Å². The van der Waals surface area contributed by atoms with E-state index in [0.717, 1.165) is 30.7 Å². The van der Waals surface area contributed by atoms with Crippen molar-refractivity contribution in [2.24, 2.45) is 0 Å². The third-order valence-corrected chi connectivity index (χ3v) is 4.45. The number of rotatable bonds is 5. The van der Waals surface area contributed by atoms with Gasteiger partial charge >= 0.3 is 0 Å². The van der Waals surface area contributed by atoms with Crippen LogP contribution < -0.4 is 5.32 Å². The van der Waals surface area contributed by atoms with Crippen molar-refractivity contribution in [3.05, 3.63) is 54.5 Å². The van der Waals surface area contributed by atoms with Gasteiger partial charge in [-0.1, -0.05) is 30.3 Å². The van der Waals surface area contributed by atoms with Crippen LogP contribution in [0.1, 0.15) is 29.8 Å². The van der Waals surface area contributed by atoms with Gasteiger partial charge < -0.3 is 10.1 Å². The van der Waals surface area contributed by atoms with Gasteiger partial charge in [-0.3, -0.25) is 14.6 Å². The molecule has 2 aromatic heterocycles. The topological polar surface area (TPSA) is 84.8 Å². The second-order valence-electron chi connectivity index (χ2n) is 6.43. The van der Waals surface area contributed by atoms with Crippen molar-refractivity contribution in [3.63, 3.8) is 0 Å². The quantitative estimate of drug-likeness (QED) is 0.740. The molecular formula is C19H21N5O2. The molecule has 3 heterocycles. The van der Waals surface area contributed by atoms with Crippen molar-refractivity contribution in [2.75, 3.05) is 11.9 Å². The lowest BCUT2D eigenvalue weighted by atomic mass is 10.1. The molecule has 0 unspecified atom stereocenters. The Morgan fingerprint density at radius 2 is 2.19 bits per heavy atom. The molecule has 1 saturated heterocycles. The maximum absolute atomic E-state index is 12.4. The zero-order valence-electron chi connectivity index (χ0n) is 14.4. The van der Waals surface area contributed by atoms with Crippen LogP contribution >= 0.6 is 0 Å². The molecule has 1 aliphatic rings. The van der Waals surface area contributed by atoms with Gasteiger partial charge in [-0.15, -0.1) is 0 Å². The first kappa shape index (κ1) is 16.5. The highest BCUT2D eigenvalue weighted by Crippen LogP contribution is 2.18. The van der Waals surface area contributed by atoms with Crippen LogP contribution in [0.25, 0.3) is 11.3 Å². The van der Waals surface area contributed by atoms with E-state index in [2.05, 4.69) is 20.6 Å². The molecular weight excluding hydrogens is 330 g/mol. The fourth-order valence-corrected chi connectivity index (χ4v) is 3.08. The van der Waals surface area contributed by atoms with E-state index in [0.29, 0.717) is 17.9 Å². The summed E-state index contributed by atoms with van der Waals surface area (Å²) in [5.74, 6) is -0.242. The number of carbonyl (C=O) groups is 1. The van der Waals surface area contributed by atoms with Crippen molar-refractivity contribution in [3.8, 4) is 11.3 Å². The second-order valence-corrected chi connectivity index (χ2v) is 6.43. The van der Waals surface area contributed by atoms with Crippen LogP contribution in [0.3, 0.4) is 0 Å². The molecule has 3 aromatic rings. The van der Waals surface area contributed by atoms with Crippen molar-refractivity contribution in [1.82, 2.24) is 20.0 Å². The number of anilines is 1. The average molecular weight is 351 g/mol. The summed E-state index contributed by atoms with van der Waals surface area (Å²) in [6, 6.07) is 11.5. The SMILES string of the molecule is O=C(Nc1cnn(C[C@@H]2CCCCO2)c1)c1cc(-c2ccccc2)n[nH]1. The Morgan fingerprint density at radius 3 is 3.00 bits per heavy atom. The fraction of sp³-hybridized carbons (Fsp3) is 0.316. The van der Waals surface area contributed by atoms with E-state index in [1.165, 1.54) is 6.42 Å². The van der Waals surface area contributed by atoms with E-state index < -0.39 is 0 Å². The molecule has 1 aliphatic heterocycles. The van der Waals surface area contributed by atoms with Crippen LogP contribution in [-0.2, 0) is 11.3 Å². The molecule has 0 bridgehead atoms. The van der Waals surface area contributed by atoms with Crippen LogP contribution in [0.5, 0.6) is 0 Å². The molecule has 4 rings (SSSR count). The Morgan fingerprint density at radius 1 is 1.31 bits per heavy atom. The predicted molar refractivity (Wildman–Crippen MR) is 97.8 cm³/mol. The zero-order chi connectivity index (χ0) is 17.8. The molecule has 7 nitrogen and oxygen atoms in total. The van der Waals surface area contributed by atoms with Crippen LogP contribution in [0.15, 0.2) is 48.8 Å². The smallest absolute Gasteiger partial charge is 0.273 e. The van der Waals surface area contributed by atoms with Gasteiger partial charge in [-0.05, 0) is 25.3 Å². The number of aromatic amines is 1. The lowest BCUT2D eigenvalue weighted by molar-refractivity contribution is 0.00401. The van der Waals surface area contributed by atoms with E-state index in [1.54, 1.807) is 12.3 Å². The highest BCUT2D eigenvalue weighted by Gasteiger charge is 2.16. The Bertz CT molecular complexity index is 865. The van der Waals surface area contributed by atoms with E-state index in [1.807, 2.05) is 41.2 Å². The Balaban J connectivity index is 1.38. The van der Waals surface area contributed by atoms with Crippen LogP contribution in [-0.4, -0.2) is 38.6 Å². The molecule has 0 radical (unpaired) electrons. The number of amides is 1. The van der Waals surface area contributed by atoms with Gasteiger partial charge in [0.2, 0.25) is 0 Å². The maximum Gasteiger partial charge on any atom is 0.273 e. The lowest BCUT2D eigenvalue weighted by Crippen LogP contribution is -2.24. The fourth-order valence-electron chi connectivity index (χ4n) is 3.08. The largest absolute Gasteiger partial charge is 0.376 e. The molecule has 1 atom stereocenters. The summed E-state index contributed by atoms with van der Waals surface area (Å²) in [4.78, 5) is 12.4. The maximum atomic E-state index is 12.4. The normalized spacial score (nSPS) is 17.2. The molecule has 0 spiro atoms. The molecule has 134 valence electrons. The third-order valence-electron chi connectivity index (χ3n) is 4.45. The highest BCUT2D eigenvalue weighted by molar-refractivity contribution is 6.03. The molecule has 1 fully saturated rings. The number of nitrogens with zero attached hydrogens (tertiary/aromatic N) is 3. The third kappa shape index (κ3) is 3.83. The summed E-state index contributed by atoms with van der Waals surface area (Å²) >= 11 is 0. The summed E-state index contributed by atoms with van der Waals surface area (Å²) in [5.41, 5.74) is 2.76. The molecule has 0 saturated carbocycles. The van der Waals surface area contributed by atoms with E-state index >= 15 is 0 Å². The number of hydrogen-bond acceptors (Lipinski definition) is 4. The number of nitrogens with one attached hydrogen (secondary N) is 2. The summed E-state index contributed by atoms with van der Waals surface area (Å²) in [5, 5.41) is 14.1. The monoisotopic (exact) mass is 351 g/mol. The first-order valence-corrected chi connectivity index (χ1v) is 8.84. The van der Waals surface area contributed by atoms with Crippen molar-refractivity contribution < 1.29 is 9.53 Å². The number of hydrogen-bond donors (Lipinski definition) is 2. The molecule has 1 amide bonds. The summed E-state index contributed by atoms with van der Waals surface area (Å²) in [6.07, 6.45) is 7.05. The summed E-state index contributed by atoms with van der Waals surface area (Å²) in [6.45, 7) is 1.52. The van der Waals surface area contributed by atoms with Crippen molar-refractivity contribution in [2.45, 2.75) is 31.9 Å². The van der Waals surface area contributed by atoms with Crippen molar-refractivity contribution >= 4 is 11.6 Å². The average Bonchev–Trinajstić information content (AvgIpc) is 3.33. The summed E-state index contributed by atoms with van der Waals surface area (Å²) in [7, 11) is 0. The molecule has 7 heteroatoms. The van der Waals surface area contributed by atoms with Crippen LogP contribution in [0.4, 0.5) is 5.69 Å². The second kappa shape index (κ2) is 7.53. The Kier molecular flexibility index (Phi) is 4.79. The first-order chi connectivity index (χ1) is 12.8. The molecule has 1 aromatic carbocycles. The standard InChI is InChI=1S/C19H21N5O2/c25-19(18-10-17(22-23-18)14-6-2-1-3-7-14)21-15-11-20-24(12-15)13-16-8-4-5-9-26-16/h1-3,6-7,10-12,16H,4-5,8-9,13H2,(H,21,25)(H,22,23)/t16-/m0/s1. The van der Waals surface area contributed by atoms with E-state index in [-0.39, 0.29) is 12.0 Å². The highest BCUT2D eigenvalue weighted by atomic mass is 16.5. The molecule has 2 N–H and O–H groups in total. The summed E-state index contributed by atoms with van der Waals surface area (Å²) < 4.78 is 7.54. The number of ether oxygens (including phenoxy) is 1. The predicted octanol–water partition coefficient (Wildman–Crippen LogP) is 3.09. The van der Waals surface area contributed by atoms with Gasteiger partial charge in [0, 0.05) is 18.4 Å². The molecule has 26 heavy (non-hydrogen) atoms. The van der Waals surface area contributed by atoms with Gasteiger partial charge in [0.25, 0.3) is 5.91 Å². The van der Waals surface area contributed by atoms with E-state index in [9.17, 15) is 4.79 Å². The number of carbonyl (C=O) groups excluding carboxylic acids is 1. The first-order valence-electron chi connectivity index (χ1n) is 8.84. The minimum Gasteiger partial charge on any atom is -0.376 e. The Labute approximate surface area is 151 Å². The van der Waals surface area contributed by atoms with Gasteiger partial charge in [-0.2, -0.15) is 10.2 Å². The Hall–Kier alpha value is -2.93. The lowest BCUT2D eigenvalue weighted by Gasteiger charge is -2.22. The van der Waals surface area contributed by atoms with Gasteiger partial charge in [-0.25, -0.2) is 0 Å². The number of benzene rings is 1. The van der Waals surface area contributed by atoms with Gasteiger partial charge in [0.05, 0.1) is 30.2 Å². The number of aromatic nitrogens is 4. The molecule has 0 aliphatic carbocycles. The minimum absolute atomic E-state index is 0.202. The van der Waals surface area contributed by atoms with E-state index in [4.69, 9.17) is 4.74 Å². The minimum atomic E-state index is -0.242. The number of H-pyrrole nitrogens is 1. The zero-order valence-corrected chi connectivity index (χ0v) is 14.4. The van der Waals surface area contributed by atoms with Gasteiger partial charge in [0.15, 0.2) is 0 Å². The van der Waals surface area contributed by atoms with Crippen LogP contribution in [0, 0.1) is 0 Å².